The quantitative estimate of drug-likeness (QED) is 0.361. The summed E-state index contributed by atoms with van der Waals surface area (Å²) in [7, 11) is 4.61. The molecule has 0 spiro atoms. The highest BCUT2D eigenvalue weighted by Crippen LogP contribution is 2.45. The fourth-order valence-corrected chi connectivity index (χ4v) is 5.85. The third kappa shape index (κ3) is 7.33. The molecule has 0 radical (unpaired) electrons. The highest BCUT2D eigenvalue weighted by molar-refractivity contribution is 5.93. The smallest absolute Gasteiger partial charge is 0.243 e. The maximum Gasteiger partial charge on any atom is 0.243 e. The van der Waals surface area contributed by atoms with Gasteiger partial charge in [0.15, 0.2) is 11.5 Å². The molecule has 11 heteroatoms. The van der Waals surface area contributed by atoms with E-state index in [4.69, 9.17) is 25.7 Å². The molecule has 1 aliphatic carbocycles. The first-order valence-electron chi connectivity index (χ1n) is 13.7. The molecule has 3 rings (SSSR count). The molecule has 216 valence electrons. The molecule has 1 aromatic rings. The molecule has 2 fully saturated rings. The van der Waals surface area contributed by atoms with E-state index in [1.54, 1.807) is 4.90 Å². The van der Waals surface area contributed by atoms with Crippen LogP contribution in [0.3, 0.4) is 0 Å². The minimum atomic E-state index is -1.05. The Morgan fingerprint density at radius 1 is 0.923 bits per heavy atom. The Labute approximate surface area is 229 Å². The summed E-state index contributed by atoms with van der Waals surface area (Å²) in [4.78, 5) is 52.6. The first-order chi connectivity index (χ1) is 18.7. The van der Waals surface area contributed by atoms with E-state index in [1.165, 1.54) is 21.3 Å². The van der Waals surface area contributed by atoms with Gasteiger partial charge in [-0.25, -0.2) is 0 Å². The summed E-state index contributed by atoms with van der Waals surface area (Å²) in [5, 5.41) is 2.66. The number of hydrogen-bond donors (Lipinski definition) is 3. The predicted octanol–water partition coefficient (Wildman–Crippen LogP) is 1.99. The molecule has 1 heterocycles. The van der Waals surface area contributed by atoms with Gasteiger partial charge in [0.1, 0.15) is 12.1 Å². The van der Waals surface area contributed by atoms with Crippen LogP contribution in [0.15, 0.2) is 12.1 Å². The molecule has 5 N–H and O–H groups in total. The van der Waals surface area contributed by atoms with Crippen molar-refractivity contribution in [1.29, 1.82) is 0 Å². The van der Waals surface area contributed by atoms with E-state index in [1.807, 2.05) is 12.1 Å². The summed E-state index contributed by atoms with van der Waals surface area (Å²) in [5.74, 6) is -0.974. The van der Waals surface area contributed by atoms with Crippen LogP contribution in [0.1, 0.15) is 75.7 Å². The Hall–Kier alpha value is -3.50. The average molecular weight is 547 g/mol. The van der Waals surface area contributed by atoms with Gasteiger partial charge in [0.05, 0.1) is 27.2 Å². The van der Waals surface area contributed by atoms with E-state index in [0.717, 1.165) is 50.5 Å². The van der Waals surface area contributed by atoms with Crippen LogP contribution in [-0.4, -0.2) is 68.5 Å². The number of ether oxygens (including phenoxy) is 3. The Balaban J connectivity index is 1.95. The molecule has 1 saturated heterocycles. The number of likely N-dealkylation sites (tertiary alicyclic amines) is 1. The topological polar surface area (TPSA) is 163 Å². The average Bonchev–Trinajstić information content (AvgIpc) is 2.94. The molecule has 1 saturated carbocycles. The molecule has 39 heavy (non-hydrogen) atoms. The number of rotatable bonds is 12. The van der Waals surface area contributed by atoms with Crippen molar-refractivity contribution < 1.29 is 33.4 Å². The van der Waals surface area contributed by atoms with Gasteiger partial charge >= 0.3 is 0 Å². The van der Waals surface area contributed by atoms with Crippen molar-refractivity contribution in [2.45, 2.75) is 82.2 Å². The van der Waals surface area contributed by atoms with Crippen molar-refractivity contribution in [1.82, 2.24) is 10.2 Å². The number of nitrogens with two attached hydrogens (primary N) is 2. The molecule has 0 bridgehead atoms. The molecule has 4 amide bonds. The Kier molecular flexibility index (Phi) is 10.8. The van der Waals surface area contributed by atoms with Gasteiger partial charge in [-0.05, 0) is 62.1 Å². The number of nitrogens with one attached hydrogen (secondary N) is 1. The van der Waals surface area contributed by atoms with E-state index >= 15 is 0 Å². The zero-order chi connectivity index (χ0) is 28.5. The number of piperidine rings is 1. The molecule has 0 aromatic heterocycles. The zero-order valence-electron chi connectivity index (χ0n) is 23.2. The number of carbonyl (C=O) groups is 4. The highest BCUT2D eigenvalue weighted by Gasteiger charge is 2.40. The van der Waals surface area contributed by atoms with Gasteiger partial charge in [0, 0.05) is 13.0 Å². The number of nitrogens with zero attached hydrogens (tertiary/aromatic N) is 1. The predicted molar refractivity (Wildman–Crippen MR) is 144 cm³/mol. The maximum atomic E-state index is 14.4. The summed E-state index contributed by atoms with van der Waals surface area (Å²) < 4.78 is 16.6. The number of primary amides is 2. The summed E-state index contributed by atoms with van der Waals surface area (Å²) in [6, 6.07) is 1.84. The minimum absolute atomic E-state index is 0.00715. The number of hydrogen-bond acceptors (Lipinski definition) is 7. The monoisotopic (exact) mass is 546 g/mol. The van der Waals surface area contributed by atoms with Crippen molar-refractivity contribution >= 4 is 23.6 Å². The van der Waals surface area contributed by atoms with E-state index < -0.39 is 35.7 Å². The largest absolute Gasteiger partial charge is 0.493 e. The van der Waals surface area contributed by atoms with Crippen molar-refractivity contribution in [2.75, 3.05) is 27.9 Å². The fourth-order valence-electron chi connectivity index (χ4n) is 5.85. The number of benzene rings is 1. The molecule has 11 nitrogen and oxygen atoms in total. The summed E-state index contributed by atoms with van der Waals surface area (Å²) in [6.45, 7) is 0.424. The van der Waals surface area contributed by atoms with Crippen LogP contribution >= 0.6 is 0 Å². The number of carbonyl (C=O) groups excluding carboxylic acids is 4. The third-order valence-electron chi connectivity index (χ3n) is 7.86. The molecule has 1 unspecified atom stereocenters. The lowest BCUT2D eigenvalue weighted by atomic mass is 9.75. The molecule has 1 aliphatic heterocycles. The van der Waals surface area contributed by atoms with Gasteiger partial charge in [0.25, 0.3) is 0 Å². The molecular formula is C28H42N4O7. The fraction of sp³-hybridized carbons (Fsp3) is 0.643. The van der Waals surface area contributed by atoms with Crippen molar-refractivity contribution in [3.8, 4) is 17.2 Å². The van der Waals surface area contributed by atoms with Crippen LogP contribution < -0.4 is 31.0 Å². The van der Waals surface area contributed by atoms with E-state index in [2.05, 4.69) is 5.32 Å². The highest BCUT2D eigenvalue weighted by atomic mass is 16.5. The summed E-state index contributed by atoms with van der Waals surface area (Å²) in [6.07, 6.45) is 6.90. The van der Waals surface area contributed by atoms with E-state index in [-0.39, 0.29) is 24.7 Å². The number of methoxy groups -OCH3 is 3. The lowest BCUT2D eigenvalue weighted by Gasteiger charge is -2.40. The van der Waals surface area contributed by atoms with Gasteiger partial charge in [0.2, 0.25) is 29.4 Å². The first-order valence-corrected chi connectivity index (χ1v) is 13.7. The summed E-state index contributed by atoms with van der Waals surface area (Å²) >= 11 is 0. The summed E-state index contributed by atoms with van der Waals surface area (Å²) in [5.41, 5.74) is 11.4. The molecular weight excluding hydrogens is 504 g/mol. The van der Waals surface area contributed by atoms with E-state index in [0.29, 0.717) is 30.2 Å². The van der Waals surface area contributed by atoms with Crippen LogP contribution in [0.5, 0.6) is 17.2 Å². The Bertz CT molecular complexity index is 1020. The van der Waals surface area contributed by atoms with Crippen molar-refractivity contribution in [3.63, 3.8) is 0 Å². The van der Waals surface area contributed by atoms with Crippen LogP contribution in [-0.2, 0) is 19.2 Å². The molecule has 3 atom stereocenters. The standard InChI is InChI=1S/C28H42N4O7/c1-37-21-15-18(16-22(38-2)25(21)39-3)24(17-9-5-4-6-10-17)28(36)32-14-8-7-11-20(32)27(35)31-19(26(30)34)12-13-23(29)33/h15-17,19-20,24H,4-14H2,1-3H3,(H2,29,33)(H2,30,34)(H,31,35)/t19-,20-,24?/m0/s1. The van der Waals surface area contributed by atoms with Crippen LogP contribution in [0.4, 0.5) is 0 Å². The second-order valence-electron chi connectivity index (χ2n) is 10.3. The van der Waals surface area contributed by atoms with Gasteiger partial charge in [-0.2, -0.15) is 0 Å². The van der Waals surface area contributed by atoms with Crippen molar-refractivity contribution in [2.24, 2.45) is 17.4 Å². The van der Waals surface area contributed by atoms with Crippen molar-refractivity contribution in [3.05, 3.63) is 17.7 Å². The Morgan fingerprint density at radius 2 is 1.54 bits per heavy atom. The van der Waals surface area contributed by atoms with Crippen LogP contribution in [0.25, 0.3) is 0 Å². The number of amides is 4. The second-order valence-corrected chi connectivity index (χ2v) is 10.3. The van der Waals surface area contributed by atoms with E-state index in [9.17, 15) is 19.2 Å². The lowest BCUT2D eigenvalue weighted by Crippen LogP contribution is -2.57. The van der Waals surface area contributed by atoms with Gasteiger partial charge in [-0.3, -0.25) is 19.2 Å². The Morgan fingerprint density at radius 3 is 2.08 bits per heavy atom. The maximum absolute atomic E-state index is 14.4. The van der Waals surface area contributed by atoms with Crippen LogP contribution in [0, 0.1) is 5.92 Å². The SMILES string of the molecule is COc1cc(C(C(=O)N2CCCC[C@H]2C(=O)N[C@@H](CCC(N)=O)C(N)=O)C2CCCCC2)cc(OC)c1OC. The molecule has 2 aliphatic rings. The normalized spacial score (nSPS) is 19.5. The van der Waals surface area contributed by atoms with Gasteiger partial charge in [-0.15, -0.1) is 0 Å². The molecule has 1 aromatic carbocycles. The minimum Gasteiger partial charge on any atom is -0.493 e. The second kappa shape index (κ2) is 14.0. The van der Waals surface area contributed by atoms with Gasteiger partial charge < -0.3 is 35.9 Å². The third-order valence-corrected chi connectivity index (χ3v) is 7.86. The first kappa shape index (κ1) is 30.0. The van der Waals surface area contributed by atoms with Crippen LogP contribution in [0.2, 0.25) is 0 Å². The van der Waals surface area contributed by atoms with Gasteiger partial charge in [-0.1, -0.05) is 19.3 Å². The zero-order valence-corrected chi connectivity index (χ0v) is 23.2. The lowest BCUT2D eigenvalue weighted by molar-refractivity contribution is -0.145.